The van der Waals surface area contributed by atoms with Crippen LogP contribution >= 0.6 is 0 Å². The van der Waals surface area contributed by atoms with Crippen LogP contribution in [0.1, 0.15) is 22.6 Å². The van der Waals surface area contributed by atoms with Gasteiger partial charge in [0.2, 0.25) is 5.91 Å². The molecule has 0 aromatic heterocycles. The summed E-state index contributed by atoms with van der Waals surface area (Å²) < 4.78 is 51.2. The van der Waals surface area contributed by atoms with Crippen molar-refractivity contribution in [3.8, 4) is 11.5 Å². The zero-order valence-corrected chi connectivity index (χ0v) is 23.4. The molecule has 9 heteroatoms. The number of benzene rings is 3. The molecule has 2 fully saturated rings. The van der Waals surface area contributed by atoms with Crippen molar-refractivity contribution in [2.75, 3.05) is 64.9 Å². The summed E-state index contributed by atoms with van der Waals surface area (Å²) in [5, 5.41) is 0. The van der Waals surface area contributed by atoms with Gasteiger partial charge in [-0.15, -0.1) is 0 Å². The second-order valence-corrected chi connectivity index (χ2v) is 10.8. The topological polar surface area (TPSA) is 45.2 Å². The van der Waals surface area contributed by atoms with Gasteiger partial charge in [0.25, 0.3) is 0 Å². The van der Waals surface area contributed by atoms with E-state index in [9.17, 15) is 18.0 Å². The summed E-state index contributed by atoms with van der Waals surface area (Å²) in [5.41, 5.74) is 1.98. The Labute approximate surface area is 239 Å². The van der Waals surface area contributed by atoms with Gasteiger partial charge < -0.3 is 19.3 Å². The minimum Gasteiger partial charge on any atom is -0.497 e. The van der Waals surface area contributed by atoms with Gasteiger partial charge in [-0.1, -0.05) is 36.4 Å². The molecule has 6 nitrogen and oxygen atoms in total. The van der Waals surface area contributed by atoms with Gasteiger partial charge in [-0.05, 0) is 47.4 Å². The number of likely N-dealkylation sites (tertiary alicyclic amines) is 1. The Morgan fingerprint density at radius 2 is 1.56 bits per heavy atom. The van der Waals surface area contributed by atoms with Crippen LogP contribution in [0.2, 0.25) is 0 Å². The van der Waals surface area contributed by atoms with Crippen LogP contribution in [0.4, 0.5) is 18.9 Å². The van der Waals surface area contributed by atoms with Crippen molar-refractivity contribution in [2.24, 2.45) is 5.92 Å². The third kappa shape index (κ3) is 6.96. The van der Waals surface area contributed by atoms with E-state index in [1.807, 2.05) is 47.4 Å². The van der Waals surface area contributed by atoms with Gasteiger partial charge in [0.1, 0.15) is 11.5 Å². The van der Waals surface area contributed by atoms with Crippen molar-refractivity contribution in [3.05, 3.63) is 89.5 Å². The minimum atomic E-state index is -4.41. The molecule has 2 aliphatic heterocycles. The van der Waals surface area contributed by atoms with Gasteiger partial charge in [-0.2, -0.15) is 13.2 Å². The molecule has 218 valence electrons. The number of carbonyl (C=O) groups is 1. The lowest BCUT2D eigenvalue weighted by atomic mass is 9.87. The first-order chi connectivity index (χ1) is 19.7. The molecule has 0 aliphatic carbocycles. The van der Waals surface area contributed by atoms with Crippen LogP contribution in [0.5, 0.6) is 11.5 Å². The van der Waals surface area contributed by atoms with Gasteiger partial charge in [-0.25, -0.2) is 0 Å². The predicted octanol–water partition coefficient (Wildman–Crippen LogP) is 5.33. The molecule has 2 aliphatic rings. The fraction of sp³-hybridized carbons (Fsp3) is 0.406. The van der Waals surface area contributed by atoms with Crippen molar-refractivity contribution in [2.45, 2.75) is 18.5 Å². The quantitative estimate of drug-likeness (QED) is 0.368. The van der Waals surface area contributed by atoms with E-state index >= 15 is 0 Å². The second-order valence-electron chi connectivity index (χ2n) is 10.8. The van der Waals surface area contributed by atoms with E-state index in [0.29, 0.717) is 18.7 Å². The lowest BCUT2D eigenvalue weighted by Crippen LogP contribution is -2.48. The molecule has 0 spiro atoms. The van der Waals surface area contributed by atoms with Crippen molar-refractivity contribution in [1.29, 1.82) is 0 Å². The predicted molar refractivity (Wildman–Crippen MR) is 153 cm³/mol. The minimum absolute atomic E-state index is 0.0162. The van der Waals surface area contributed by atoms with Crippen LogP contribution in [-0.2, 0) is 17.4 Å². The Bertz CT molecular complexity index is 1320. The van der Waals surface area contributed by atoms with Gasteiger partial charge in [0.05, 0.1) is 26.2 Å². The summed E-state index contributed by atoms with van der Waals surface area (Å²) in [6.07, 6.45) is -4.17. The van der Waals surface area contributed by atoms with Crippen molar-refractivity contribution in [3.63, 3.8) is 0 Å². The summed E-state index contributed by atoms with van der Waals surface area (Å²) >= 11 is 0. The van der Waals surface area contributed by atoms with E-state index in [1.165, 1.54) is 12.1 Å². The number of nitrogens with zero attached hydrogens (tertiary/aromatic N) is 3. The first kappa shape index (κ1) is 28.8. The molecule has 41 heavy (non-hydrogen) atoms. The molecule has 0 saturated carbocycles. The first-order valence-electron chi connectivity index (χ1n) is 13.9. The number of amides is 1. The third-order valence-corrected chi connectivity index (χ3v) is 8.23. The number of hydrogen-bond acceptors (Lipinski definition) is 5. The van der Waals surface area contributed by atoms with Gasteiger partial charge >= 0.3 is 6.18 Å². The molecule has 3 aromatic rings. The summed E-state index contributed by atoms with van der Waals surface area (Å²) in [4.78, 5) is 19.9. The Morgan fingerprint density at radius 3 is 2.24 bits per heavy atom. The monoisotopic (exact) mass is 567 g/mol. The van der Waals surface area contributed by atoms with Crippen LogP contribution in [-0.4, -0.2) is 75.7 Å². The van der Waals surface area contributed by atoms with Crippen LogP contribution in [0.3, 0.4) is 0 Å². The lowest BCUT2D eigenvalue weighted by Gasteiger charge is -2.38. The Hall–Kier alpha value is -3.72. The zero-order valence-electron chi connectivity index (χ0n) is 23.4. The molecule has 0 radical (unpaired) electrons. The number of rotatable bonds is 8. The Balaban J connectivity index is 1.29. The summed E-state index contributed by atoms with van der Waals surface area (Å²) in [7, 11) is 3.25. The fourth-order valence-electron chi connectivity index (χ4n) is 5.94. The molecule has 2 atom stereocenters. The summed E-state index contributed by atoms with van der Waals surface area (Å²) in [6, 6.07) is 21.0. The highest BCUT2D eigenvalue weighted by Crippen LogP contribution is 2.37. The van der Waals surface area contributed by atoms with Crippen molar-refractivity contribution in [1.82, 2.24) is 9.80 Å². The highest BCUT2D eigenvalue weighted by atomic mass is 19.4. The van der Waals surface area contributed by atoms with Crippen LogP contribution in [0.15, 0.2) is 72.8 Å². The van der Waals surface area contributed by atoms with E-state index < -0.39 is 11.7 Å². The van der Waals surface area contributed by atoms with E-state index in [-0.39, 0.29) is 24.2 Å². The maximum atomic E-state index is 13.6. The SMILES string of the molecule is COc1ccc(CC(=O)N2CC(CN3CCN(c4cccc(OC)c4)CC3)C(c3cccc(C(F)(F)F)c3)C2)cc1. The normalized spacial score (nSPS) is 19.8. The van der Waals surface area contributed by atoms with Gasteiger partial charge in [-0.3, -0.25) is 9.69 Å². The van der Waals surface area contributed by atoms with E-state index in [0.717, 1.165) is 61.5 Å². The second kappa shape index (κ2) is 12.4. The van der Waals surface area contributed by atoms with E-state index in [1.54, 1.807) is 20.3 Å². The fourth-order valence-corrected chi connectivity index (χ4v) is 5.94. The number of ether oxygens (including phenoxy) is 2. The summed E-state index contributed by atoms with van der Waals surface area (Å²) in [5.74, 6) is 1.38. The van der Waals surface area contributed by atoms with Gasteiger partial charge in [0, 0.05) is 63.5 Å². The molecular formula is C32H36F3N3O3. The number of carbonyl (C=O) groups excluding carboxylic acids is 1. The number of methoxy groups -OCH3 is 2. The molecule has 2 heterocycles. The standard InChI is InChI=1S/C32H36F3N3O3/c1-40-28-11-9-23(10-12-28)17-31(39)38-21-25(30(22-38)24-5-3-6-26(18-24)32(33,34)35)20-36-13-15-37(16-14-36)27-7-4-8-29(19-27)41-2/h3-12,18-19,25,30H,13-17,20-22H2,1-2H3. The van der Waals surface area contributed by atoms with Crippen LogP contribution in [0.25, 0.3) is 0 Å². The molecule has 5 rings (SSSR count). The van der Waals surface area contributed by atoms with E-state index in [4.69, 9.17) is 9.47 Å². The number of hydrogen-bond donors (Lipinski definition) is 0. The van der Waals surface area contributed by atoms with Crippen molar-refractivity contribution >= 4 is 11.6 Å². The highest BCUT2D eigenvalue weighted by molar-refractivity contribution is 5.79. The Kier molecular flexibility index (Phi) is 8.73. The number of halogens is 3. The lowest BCUT2D eigenvalue weighted by molar-refractivity contribution is -0.137. The number of alkyl halides is 3. The number of piperazine rings is 1. The van der Waals surface area contributed by atoms with Crippen LogP contribution < -0.4 is 14.4 Å². The molecule has 3 aromatic carbocycles. The molecule has 1 amide bonds. The summed E-state index contributed by atoms with van der Waals surface area (Å²) in [6.45, 7) is 5.00. The average Bonchev–Trinajstić information content (AvgIpc) is 3.41. The molecule has 0 N–H and O–H groups in total. The van der Waals surface area contributed by atoms with Crippen molar-refractivity contribution < 1.29 is 27.4 Å². The molecular weight excluding hydrogens is 531 g/mol. The molecule has 2 unspecified atom stereocenters. The molecule has 0 bridgehead atoms. The smallest absolute Gasteiger partial charge is 0.416 e. The molecule has 2 saturated heterocycles. The highest BCUT2D eigenvalue weighted by Gasteiger charge is 2.39. The Morgan fingerprint density at radius 1 is 0.854 bits per heavy atom. The average molecular weight is 568 g/mol. The zero-order chi connectivity index (χ0) is 29.0. The van der Waals surface area contributed by atoms with Gasteiger partial charge in [0.15, 0.2) is 0 Å². The maximum absolute atomic E-state index is 13.6. The largest absolute Gasteiger partial charge is 0.497 e. The van der Waals surface area contributed by atoms with Crippen LogP contribution in [0, 0.1) is 5.92 Å². The third-order valence-electron chi connectivity index (χ3n) is 8.23. The number of anilines is 1. The first-order valence-corrected chi connectivity index (χ1v) is 13.9. The maximum Gasteiger partial charge on any atom is 0.416 e. The van der Waals surface area contributed by atoms with E-state index in [2.05, 4.69) is 15.9 Å².